The molecule has 5 heteroatoms. The Morgan fingerprint density at radius 1 is 1.65 bits per heavy atom. The van der Waals surface area contributed by atoms with Gasteiger partial charge in [-0.25, -0.2) is 0 Å². The number of carbonyl (C=O) groups is 1. The highest BCUT2D eigenvalue weighted by atomic mass is 16.2. The molecule has 1 heterocycles. The molecule has 1 aliphatic rings. The van der Waals surface area contributed by atoms with Crippen molar-refractivity contribution in [3.05, 3.63) is 11.9 Å². The van der Waals surface area contributed by atoms with Gasteiger partial charge in [-0.05, 0) is 19.3 Å². The van der Waals surface area contributed by atoms with Crippen LogP contribution in [0.25, 0.3) is 0 Å². The number of carbonyl (C=O) groups excluding carboxylic acids is 1. The molecule has 1 aromatic rings. The number of nitrogens with one attached hydrogen (secondary N) is 1. The quantitative estimate of drug-likeness (QED) is 0.811. The topological polar surface area (TPSA) is 72.9 Å². The predicted molar refractivity (Wildman–Crippen MR) is 66.6 cm³/mol. The number of aromatic nitrogens is 2. The summed E-state index contributed by atoms with van der Waals surface area (Å²) in [5.41, 5.74) is 6.68. The fourth-order valence-electron chi connectivity index (χ4n) is 2.14. The maximum atomic E-state index is 11.9. The first-order chi connectivity index (χ1) is 8.22. The number of hydrogen-bond acceptors (Lipinski definition) is 3. The van der Waals surface area contributed by atoms with Crippen LogP contribution in [0, 0.1) is 5.92 Å². The van der Waals surface area contributed by atoms with Crippen molar-refractivity contribution in [3.8, 4) is 0 Å². The molecule has 94 valence electrons. The van der Waals surface area contributed by atoms with Gasteiger partial charge in [0.2, 0.25) is 0 Å². The van der Waals surface area contributed by atoms with Gasteiger partial charge in [0.1, 0.15) is 5.69 Å². The third-order valence-corrected chi connectivity index (χ3v) is 3.45. The van der Waals surface area contributed by atoms with Crippen molar-refractivity contribution in [1.82, 2.24) is 15.1 Å². The van der Waals surface area contributed by atoms with Crippen molar-refractivity contribution in [2.24, 2.45) is 5.92 Å². The normalized spacial score (nSPS) is 15.6. The van der Waals surface area contributed by atoms with Crippen LogP contribution in [0.3, 0.4) is 0 Å². The number of amides is 1. The standard InChI is InChI=1S/C12H20N4O/c1-2-16-11(10(13)8-15-16)12(17)14-7-6-9-4-3-5-9/h8-9H,2-7,13H2,1H3,(H,14,17). The fourth-order valence-corrected chi connectivity index (χ4v) is 2.14. The number of hydrogen-bond donors (Lipinski definition) is 2. The highest BCUT2D eigenvalue weighted by molar-refractivity contribution is 5.97. The van der Waals surface area contributed by atoms with Gasteiger partial charge in [0, 0.05) is 13.1 Å². The number of nitrogens with zero attached hydrogens (tertiary/aromatic N) is 2. The van der Waals surface area contributed by atoms with E-state index in [-0.39, 0.29) is 5.91 Å². The number of rotatable bonds is 5. The summed E-state index contributed by atoms with van der Waals surface area (Å²) in [5, 5.41) is 6.98. The monoisotopic (exact) mass is 236 g/mol. The summed E-state index contributed by atoms with van der Waals surface area (Å²) >= 11 is 0. The van der Waals surface area contributed by atoms with Crippen molar-refractivity contribution >= 4 is 11.6 Å². The predicted octanol–water partition coefficient (Wildman–Crippen LogP) is 1.41. The Morgan fingerprint density at radius 3 is 3.00 bits per heavy atom. The molecule has 0 saturated heterocycles. The Hall–Kier alpha value is -1.52. The molecule has 0 spiro atoms. The van der Waals surface area contributed by atoms with Gasteiger partial charge in [0.15, 0.2) is 0 Å². The van der Waals surface area contributed by atoms with Crippen LogP contribution >= 0.6 is 0 Å². The molecule has 1 fully saturated rings. The fraction of sp³-hybridized carbons (Fsp3) is 0.667. The molecule has 0 aliphatic heterocycles. The molecule has 3 N–H and O–H groups in total. The Morgan fingerprint density at radius 2 is 2.41 bits per heavy atom. The summed E-state index contributed by atoms with van der Waals surface area (Å²) < 4.78 is 1.63. The van der Waals surface area contributed by atoms with E-state index >= 15 is 0 Å². The second-order valence-corrected chi connectivity index (χ2v) is 4.61. The number of anilines is 1. The minimum Gasteiger partial charge on any atom is -0.396 e. The van der Waals surface area contributed by atoms with Crippen molar-refractivity contribution in [1.29, 1.82) is 0 Å². The minimum atomic E-state index is -0.110. The van der Waals surface area contributed by atoms with Crippen LogP contribution in [0.15, 0.2) is 6.20 Å². The van der Waals surface area contributed by atoms with Crippen molar-refractivity contribution in [2.45, 2.75) is 39.2 Å². The zero-order valence-electron chi connectivity index (χ0n) is 10.3. The van der Waals surface area contributed by atoms with E-state index in [1.54, 1.807) is 4.68 Å². The molecule has 0 aromatic carbocycles. The van der Waals surface area contributed by atoms with Gasteiger partial charge in [0.25, 0.3) is 5.91 Å². The number of nitrogens with two attached hydrogens (primary N) is 1. The summed E-state index contributed by atoms with van der Waals surface area (Å²) in [6.07, 6.45) is 6.57. The lowest BCUT2D eigenvalue weighted by Crippen LogP contribution is -2.29. The summed E-state index contributed by atoms with van der Waals surface area (Å²) in [6, 6.07) is 0. The molecule has 17 heavy (non-hydrogen) atoms. The maximum absolute atomic E-state index is 11.9. The van der Waals surface area contributed by atoms with Crippen molar-refractivity contribution < 1.29 is 4.79 Å². The highest BCUT2D eigenvalue weighted by Gasteiger charge is 2.19. The smallest absolute Gasteiger partial charge is 0.271 e. The lowest BCUT2D eigenvalue weighted by atomic mass is 9.83. The maximum Gasteiger partial charge on any atom is 0.271 e. The molecule has 5 nitrogen and oxygen atoms in total. The van der Waals surface area contributed by atoms with Crippen LogP contribution < -0.4 is 11.1 Å². The van der Waals surface area contributed by atoms with E-state index in [9.17, 15) is 4.79 Å². The van der Waals surface area contributed by atoms with Crippen LogP contribution in [0.1, 0.15) is 43.1 Å². The summed E-state index contributed by atoms with van der Waals surface area (Å²) in [7, 11) is 0. The molecular formula is C12H20N4O. The molecule has 1 amide bonds. The van der Waals surface area contributed by atoms with Gasteiger partial charge in [-0.1, -0.05) is 19.3 Å². The zero-order chi connectivity index (χ0) is 12.3. The Balaban J connectivity index is 1.87. The van der Waals surface area contributed by atoms with Gasteiger partial charge >= 0.3 is 0 Å². The van der Waals surface area contributed by atoms with Gasteiger partial charge < -0.3 is 11.1 Å². The van der Waals surface area contributed by atoms with Crippen molar-refractivity contribution in [3.63, 3.8) is 0 Å². The highest BCUT2D eigenvalue weighted by Crippen LogP contribution is 2.28. The number of aryl methyl sites for hydroxylation is 1. The van der Waals surface area contributed by atoms with Crippen LogP contribution in [0.5, 0.6) is 0 Å². The van der Waals surface area contributed by atoms with E-state index in [4.69, 9.17) is 5.73 Å². The third-order valence-electron chi connectivity index (χ3n) is 3.45. The Bertz CT molecular complexity index is 395. The zero-order valence-corrected chi connectivity index (χ0v) is 10.3. The molecule has 2 rings (SSSR count). The summed E-state index contributed by atoms with van der Waals surface area (Å²) in [6.45, 7) is 3.33. The van der Waals surface area contributed by atoms with Crippen LogP contribution in [0.2, 0.25) is 0 Å². The lowest BCUT2D eigenvalue weighted by molar-refractivity contribution is 0.0939. The molecule has 1 aromatic heterocycles. The van der Waals surface area contributed by atoms with E-state index in [0.717, 1.165) is 18.9 Å². The largest absolute Gasteiger partial charge is 0.396 e. The molecule has 0 bridgehead atoms. The Labute approximate surface area is 101 Å². The second-order valence-electron chi connectivity index (χ2n) is 4.61. The SMILES string of the molecule is CCn1ncc(N)c1C(=O)NCCC1CCC1. The second kappa shape index (κ2) is 5.21. The number of nitrogen functional groups attached to an aromatic ring is 1. The van der Waals surface area contributed by atoms with E-state index in [0.29, 0.717) is 17.9 Å². The molecule has 1 aliphatic carbocycles. The van der Waals surface area contributed by atoms with Gasteiger partial charge in [-0.3, -0.25) is 9.48 Å². The van der Waals surface area contributed by atoms with Gasteiger partial charge in [0.05, 0.1) is 11.9 Å². The van der Waals surface area contributed by atoms with E-state index in [1.807, 2.05) is 6.92 Å². The first-order valence-electron chi connectivity index (χ1n) is 6.31. The molecule has 0 unspecified atom stereocenters. The van der Waals surface area contributed by atoms with Crippen molar-refractivity contribution in [2.75, 3.05) is 12.3 Å². The first kappa shape index (κ1) is 12.0. The van der Waals surface area contributed by atoms with Crippen LogP contribution in [-0.2, 0) is 6.54 Å². The van der Waals surface area contributed by atoms with E-state index in [1.165, 1.54) is 25.5 Å². The van der Waals surface area contributed by atoms with Gasteiger partial charge in [-0.2, -0.15) is 5.10 Å². The summed E-state index contributed by atoms with van der Waals surface area (Å²) in [5.74, 6) is 0.699. The van der Waals surface area contributed by atoms with E-state index < -0.39 is 0 Å². The molecule has 0 atom stereocenters. The van der Waals surface area contributed by atoms with E-state index in [2.05, 4.69) is 10.4 Å². The molecule has 1 saturated carbocycles. The molecule has 0 radical (unpaired) electrons. The summed E-state index contributed by atoms with van der Waals surface area (Å²) in [4.78, 5) is 11.9. The average Bonchev–Trinajstić information content (AvgIpc) is 2.63. The third kappa shape index (κ3) is 2.60. The average molecular weight is 236 g/mol. The lowest BCUT2D eigenvalue weighted by Gasteiger charge is -2.25. The van der Waals surface area contributed by atoms with Crippen LogP contribution in [0.4, 0.5) is 5.69 Å². The van der Waals surface area contributed by atoms with Crippen LogP contribution in [-0.4, -0.2) is 22.2 Å². The van der Waals surface area contributed by atoms with Gasteiger partial charge in [-0.15, -0.1) is 0 Å². The first-order valence-corrected chi connectivity index (χ1v) is 6.31. The Kier molecular flexibility index (Phi) is 3.66. The minimum absolute atomic E-state index is 0.110. The molecular weight excluding hydrogens is 216 g/mol.